The van der Waals surface area contributed by atoms with Crippen LogP contribution in [0.5, 0.6) is 0 Å². The predicted octanol–water partition coefficient (Wildman–Crippen LogP) is 4.02. The van der Waals surface area contributed by atoms with Gasteiger partial charge in [-0.25, -0.2) is 8.78 Å². The van der Waals surface area contributed by atoms with Gasteiger partial charge in [-0.2, -0.15) is 0 Å². The molecule has 0 unspecified atom stereocenters. The van der Waals surface area contributed by atoms with Crippen molar-refractivity contribution in [3.63, 3.8) is 0 Å². The van der Waals surface area contributed by atoms with Crippen molar-refractivity contribution < 1.29 is 8.78 Å². The standard InChI is InChI=1S/C8H12F2.C2H6/c1-6(2)7(3)4-8(9,10)5-7;1-2/h1,4-5H2,2-3H3;1-2H3. The van der Waals surface area contributed by atoms with Gasteiger partial charge in [-0.1, -0.05) is 32.9 Å². The van der Waals surface area contributed by atoms with E-state index >= 15 is 0 Å². The normalized spacial score (nSPS) is 23.2. The fourth-order valence-electron chi connectivity index (χ4n) is 1.39. The van der Waals surface area contributed by atoms with E-state index in [1.807, 2.05) is 27.7 Å². The van der Waals surface area contributed by atoms with Crippen LogP contribution in [0, 0.1) is 5.41 Å². The molecule has 0 radical (unpaired) electrons. The second-order valence-corrected chi connectivity index (χ2v) is 3.55. The van der Waals surface area contributed by atoms with E-state index < -0.39 is 5.92 Å². The predicted molar refractivity (Wildman–Crippen MR) is 48.5 cm³/mol. The van der Waals surface area contributed by atoms with Gasteiger partial charge in [0.05, 0.1) is 0 Å². The molecule has 0 nitrogen and oxygen atoms in total. The van der Waals surface area contributed by atoms with Crippen molar-refractivity contribution in [3.8, 4) is 0 Å². The summed E-state index contributed by atoms with van der Waals surface area (Å²) in [4.78, 5) is 0. The Morgan fingerprint density at radius 1 is 1.25 bits per heavy atom. The van der Waals surface area contributed by atoms with Crippen LogP contribution in [0.3, 0.4) is 0 Å². The average Bonchev–Trinajstić information content (AvgIpc) is 1.87. The lowest BCUT2D eigenvalue weighted by Gasteiger charge is -2.45. The van der Waals surface area contributed by atoms with Crippen LogP contribution in [0.1, 0.15) is 40.5 Å². The first kappa shape index (κ1) is 11.6. The lowest BCUT2D eigenvalue weighted by molar-refractivity contribution is -0.138. The molecule has 0 spiro atoms. The molecule has 1 saturated carbocycles. The van der Waals surface area contributed by atoms with Gasteiger partial charge >= 0.3 is 0 Å². The Bertz CT molecular complexity index is 163. The van der Waals surface area contributed by atoms with Crippen molar-refractivity contribution in [2.45, 2.75) is 46.5 Å². The number of hydrogen-bond donors (Lipinski definition) is 0. The molecule has 0 saturated heterocycles. The highest BCUT2D eigenvalue weighted by atomic mass is 19.3. The van der Waals surface area contributed by atoms with Crippen LogP contribution in [0.15, 0.2) is 12.2 Å². The van der Waals surface area contributed by atoms with Gasteiger partial charge in [0.1, 0.15) is 0 Å². The molecule has 12 heavy (non-hydrogen) atoms. The molecule has 0 aromatic carbocycles. The van der Waals surface area contributed by atoms with Crippen LogP contribution in [0.4, 0.5) is 8.78 Å². The summed E-state index contributed by atoms with van der Waals surface area (Å²) >= 11 is 0. The maximum atomic E-state index is 12.4. The maximum Gasteiger partial charge on any atom is 0.249 e. The van der Waals surface area contributed by atoms with Crippen molar-refractivity contribution in [3.05, 3.63) is 12.2 Å². The second-order valence-electron chi connectivity index (χ2n) is 3.55. The summed E-state index contributed by atoms with van der Waals surface area (Å²) in [6, 6.07) is 0. The third-order valence-corrected chi connectivity index (χ3v) is 2.33. The molecule has 0 bridgehead atoms. The van der Waals surface area contributed by atoms with Gasteiger partial charge in [0.15, 0.2) is 0 Å². The Morgan fingerprint density at radius 2 is 1.58 bits per heavy atom. The van der Waals surface area contributed by atoms with Crippen LogP contribution in [0.2, 0.25) is 0 Å². The fourth-order valence-corrected chi connectivity index (χ4v) is 1.39. The number of allylic oxidation sites excluding steroid dienone is 1. The molecule has 0 aliphatic heterocycles. The molecule has 0 aromatic heterocycles. The summed E-state index contributed by atoms with van der Waals surface area (Å²) < 4.78 is 24.7. The van der Waals surface area contributed by atoms with Gasteiger partial charge in [-0.05, 0) is 12.3 Å². The van der Waals surface area contributed by atoms with Crippen molar-refractivity contribution >= 4 is 0 Å². The summed E-state index contributed by atoms with van der Waals surface area (Å²) in [5.74, 6) is -2.42. The molecule has 1 aliphatic rings. The lowest BCUT2D eigenvalue weighted by Crippen LogP contribution is -2.44. The number of halogens is 2. The number of rotatable bonds is 1. The highest BCUT2D eigenvalue weighted by Crippen LogP contribution is 2.55. The Labute approximate surface area is 73.7 Å². The summed E-state index contributed by atoms with van der Waals surface area (Å²) in [6.45, 7) is 11.3. The first-order chi connectivity index (χ1) is 5.36. The van der Waals surface area contributed by atoms with Gasteiger partial charge in [0, 0.05) is 12.8 Å². The topological polar surface area (TPSA) is 0 Å². The van der Waals surface area contributed by atoms with Crippen LogP contribution >= 0.6 is 0 Å². The SMILES string of the molecule is C=C(C)C1(C)CC(F)(F)C1.CC. The molecule has 1 rings (SSSR count). The Kier molecular flexibility index (Phi) is 3.43. The molecule has 1 aliphatic carbocycles. The molecule has 0 atom stereocenters. The van der Waals surface area contributed by atoms with Gasteiger partial charge in [-0.15, -0.1) is 0 Å². The Morgan fingerprint density at radius 3 is 1.67 bits per heavy atom. The maximum absolute atomic E-state index is 12.4. The van der Waals surface area contributed by atoms with Crippen molar-refractivity contribution in [2.75, 3.05) is 0 Å². The number of hydrogen-bond acceptors (Lipinski definition) is 0. The van der Waals surface area contributed by atoms with Crippen molar-refractivity contribution in [1.29, 1.82) is 0 Å². The van der Waals surface area contributed by atoms with E-state index in [0.29, 0.717) is 0 Å². The molecule has 0 N–H and O–H groups in total. The minimum atomic E-state index is -2.42. The van der Waals surface area contributed by atoms with Crippen LogP contribution < -0.4 is 0 Å². The molecular weight excluding hydrogens is 158 g/mol. The van der Waals surface area contributed by atoms with Gasteiger partial charge in [-0.3, -0.25) is 0 Å². The van der Waals surface area contributed by atoms with E-state index in [1.165, 1.54) is 0 Å². The fraction of sp³-hybridized carbons (Fsp3) is 0.800. The van der Waals surface area contributed by atoms with E-state index in [1.54, 1.807) is 0 Å². The first-order valence-corrected chi connectivity index (χ1v) is 4.40. The van der Waals surface area contributed by atoms with E-state index in [-0.39, 0.29) is 18.3 Å². The minimum Gasteiger partial charge on any atom is -0.207 e. The zero-order chi connectivity index (χ0) is 9.99. The zero-order valence-corrected chi connectivity index (χ0v) is 8.38. The van der Waals surface area contributed by atoms with Gasteiger partial charge in [0.2, 0.25) is 5.92 Å². The molecule has 0 amide bonds. The smallest absolute Gasteiger partial charge is 0.207 e. The minimum absolute atomic E-state index is 0.0185. The van der Waals surface area contributed by atoms with Crippen LogP contribution in [-0.4, -0.2) is 5.92 Å². The molecular formula is C10H18F2. The highest BCUT2D eigenvalue weighted by molar-refractivity contribution is 5.14. The van der Waals surface area contributed by atoms with E-state index in [4.69, 9.17) is 0 Å². The summed E-state index contributed by atoms with van der Waals surface area (Å²) in [5.41, 5.74) is 0.585. The van der Waals surface area contributed by atoms with Crippen LogP contribution in [0.25, 0.3) is 0 Å². The molecule has 0 aromatic rings. The highest BCUT2D eigenvalue weighted by Gasteiger charge is 2.53. The van der Waals surface area contributed by atoms with Gasteiger partial charge in [0.25, 0.3) is 0 Å². The van der Waals surface area contributed by atoms with E-state index in [0.717, 1.165) is 5.57 Å². The Balaban J connectivity index is 0.000000561. The summed E-state index contributed by atoms with van der Waals surface area (Å²) in [7, 11) is 0. The average molecular weight is 176 g/mol. The molecule has 0 heterocycles. The van der Waals surface area contributed by atoms with Crippen molar-refractivity contribution in [1.82, 2.24) is 0 Å². The third-order valence-electron chi connectivity index (χ3n) is 2.33. The third kappa shape index (κ3) is 2.29. The monoisotopic (exact) mass is 176 g/mol. The first-order valence-electron chi connectivity index (χ1n) is 4.40. The molecule has 1 fully saturated rings. The quantitative estimate of drug-likeness (QED) is 0.529. The van der Waals surface area contributed by atoms with Gasteiger partial charge < -0.3 is 0 Å². The largest absolute Gasteiger partial charge is 0.249 e. The van der Waals surface area contributed by atoms with E-state index in [9.17, 15) is 8.78 Å². The molecule has 2 heteroatoms. The summed E-state index contributed by atoms with van der Waals surface area (Å²) in [5, 5.41) is 0. The second kappa shape index (κ2) is 3.55. The lowest BCUT2D eigenvalue weighted by atomic mass is 9.64. The molecule has 72 valence electrons. The van der Waals surface area contributed by atoms with Crippen molar-refractivity contribution in [2.24, 2.45) is 5.41 Å². The Hall–Kier alpha value is -0.400. The zero-order valence-electron chi connectivity index (χ0n) is 8.38. The number of alkyl halides is 2. The van der Waals surface area contributed by atoms with E-state index in [2.05, 4.69) is 6.58 Å². The van der Waals surface area contributed by atoms with Crippen LogP contribution in [-0.2, 0) is 0 Å². The summed E-state index contributed by atoms with van der Waals surface area (Å²) in [6.07, 6.45) is -0.0370.